The van der Waals surface area contributed by atoms with E-state index >= 15 is 0 Å². The van der Waals surface area contributed by atoms with Crippen LogP contribution in [-0.4, -0.2) is 23.8 Å². The Labute approximate surface area is 141 Å². The molecule has 6 nitrogen and oxygen atoms in total. The van der Waals surface area contributed by atoms with Crippen LogP contribution in [0, 0.1) is 11.8 Å². The summed E-state index contributed by atoms with van der Waals surface area (Å²) in [4.78, 5) is 35.4. The fraction of sp³-hybridized carbons (Fsp3) is 0.500. The molecule has 3 amide bonds. The van der Waals surface area contributed by atoms with E-state index in [1.165, 1.54) is 19.8 Å². The summed E-state index contributed by atoms with van der Waals surface area (Å²) in [5, 5.41) is 8.56. The molecule has 2 aliphatic carbocycles. The maximum absolute atomic E-state index is 12.2. The topological polar surface area (TPSA) is 87.3 Å². The third-order valence-corrected chi connectivity index (χ3v) is 4.64. The van der Waals surface area contributed by atoms with Gasteiger partial charge in [0, 0.05) is 24.3 Å². The maximum Gasteiger partial charge on any atom is 0.228 e. The minimum Gasteiger partial charge on any atom is -0.353 e. The molecule has 2 fully saturated rings. The van der Waals surface area contributed by atoms with Crippen LogP contribution in [0.1, 0.15) is 39.0 Å². The van der Waals surface area contributed by atoms with E-state index in [1.807, 2.05) is 0 Å². The van der Waals surface area contributed by atoms with Crippen LogP contribution < -0.4 is 16.0 Å². The molecule has 1 aromatic carbocycles. The van der Waals surface area contributed by atoms with E-state index in [0.29, 0.717) is 23.8 Å². The molecule has 0 radical (unpaired) electrons. The van der Waals surface area contributed by atoms with Gasteiger partial charge in [0.1, 0.15) is 0 Å². The summed E-state index contributed by atoms with van der Waals surface area (Å²) in [5.74, 6) is -0.663. The molecule has 2 atom stereocenters. The SMILES string of the molecule is CC(=O)Nc1ccc(NC(=O)C2CC2C(=O)NC2CCCC2)cc1. The number of hydrogen-bond donors (Lipinski definition) is 3. The number of rotatable bonds is 5. The Hall–Kier alpha value is -2.37. The molecule has 3 rings (SSSR count). The van der Waals surface area contributed by atoms with E-state index in [9.17, 15) is 14.4 Å². The van der Waals surface area contributed by atoms with Gasteiger partial charge < -0.3 is 16.0 Å². The molecule has 128 valence electrons. The van der Waals surface area contributed by atoms with Gasteiger partial charge in [0.15, 0.2) is 0 Å². The number of carbonyl (C=O) groups excluding carboxylic acids is 3. The summed E-state index contributed by atoms with van der Waals surface area (Å²) < 4.78 is 0. The molecule has 6 heteroatoms. The normalized spacial score (nSPS) is 22.7. The van der Waals surface area contributed by atoms with Crippen molar-refractivity contribution in [1.82, 2.24) is 5.32 Å². The van der Waals surface area contributed by atoms with Gasteiger partial charge in [-0.1, -0.05) is 12.8 Å². The molecule has 2 saturated carbocycles. The molecule has 3 N–H and O–H groups in total. The zero-order chi connectivity index (χ0) is 17.1. The van der Waals surface area contributed by atoms with E-state index < -0.39 is 0 Å². The van der Waals surface area contributed by atoms with Crippen molar-refractivity contribution in [1.29, 1.82) is 0 Å². The molecule has 0 saturated heterocycles. The largest absolute Gasteiger partial charge is 0.353 e. The summed E-state index contributed by atoms with van der Waals surface area (Å²) in [6, 6.07) is 7.23. The van der Waals surface area contributed by atoms with Crippen molar-refractivity contribution in [3.05, 3.63) is 24.3 Å². The summed E-state index contributed by atoms with van der Waals surface area (Å²) in [6.07, 6.45) is 5.07. The predicted molar refractivity (Wildman–Crippen MR) is 91.4 cm³/mol. The monoisotopic (exact) mass is 329 g/mol. The third-order valence-electron chi connectivity index (χ3n) is 4.64. The highest BCUT2D eigenvalue weighted by Gasteiger charge is 2.48. The number of benzene rings is 1. The van der Waals surface area contributed by atoms with Gasteiger partial charge in [-0.25, -0.2) is 0 Å². The van der Waals surface area contributed by atoms with Crippen LogP contribution in [0.3, 0.4) is 0 Å². The van der Waals surface area contributed by atoms with Crippen molar-refractivity contribution < 1.29 is 14.4 Å². The van der Waals surface area contributed by atoms with Gasteiger partial charge in [-0.2, -0.15) is 0 Å². The first-order chi connectivity index (χ1) is 11.5. The second kappa shape index (κ2) is 7.03. The summed E-state index contributed by atoms with van der Waals surface area (Å²) in [6.45, 7) is 1.44. The van der Waals surface area contributed by atoms with Crippen LogP contribution in [0.25, 0.3) is 0 Å². The Morgan fingerprint density at radius 3 is 2.00 bits per heavy atom. The Balaban J connectivity index is 1.47. The van der Waals surface area contributed by atoms with Gasteiger partial charge in [-0.3, -0.25) is 14.4 Å². The van der Waals surface area contributed by atoms with E-state index in [1.54, 1.807) is 24.3 Å². The van der Waals surface area contributed by atoms with Crippen molar-refractivity contribution in [3.8, 4) is 0 Å². The zero-order valence-corrected chi connectivity index (χ0v) is 13.8. The highest BCUT2D eigenvalue weighted by atomic mass is 16.2. The quantitative estimate of drug-likeness (QED) is 0.774. The number of amides is 3. The van der Waals surface area contributed by atoms with Crippen LogP contribution in [0.5, 0.6) is 0 Å². The first-order valence-electron chi connectivity index (χ1n) is 8.52. The molecule has 0 bridgehead atoms. The number of anilines is 2. The lowest BCUT2D eigenvalue weighted by atomic mass is 10.2. The number of hydrogen-bond acceptors (Lipinski definition) is 3. The first-order valence-corrected chi connectivity index (χ1v) is 8.52. The van der Waals surface area contributed by atoms with Gasteiger partial charge in [0.2, 0.25) is 17.7 Å². The summed E-state index contributed by atoms with van der Waals surface area (Å²) >= 11 is 0. The van der Waals surface area contributed by atoms with Gasteiger partial charge in [-0.15, -0.1) is 0 Å². The highest BCUT2D eigenvalue weighted by molar-refractivity contribution is 5.99. The minimum absolute atomic E-state index is 0.0167. The standard InChI is InChI=1S/C18H23N3O3/c1-11(22)19-13-6-8-14(9-7-13)21-18(24)16-10-15(16)17(23)20-12-4-2-3-5-12/h6-9,12,15-16H,2-5,10H2,1H3,(H,19,22)(H,20,23)(H,21,24). The van der Waals surface area contributed by atoms with Crippen LogP contribution >= 0.6 is 0 Å². The van der Waals surface area contributed by atoms with E-state index in [0.717, 1.165) is 12.8 Å². The van der Waals surface area contributed by atoms with E-state index in [2.05, 4.69) is 16.0 Å². The molecule has 1 aromatic rings. The lowest BCUT2D eigenvalue weighted by molar-refractivity contribution is -0.125. The van der Waals surface area contributed by atoms with Gasteiger partial charge >= 0.3 is 0 Å². The smallest absolute Gasteiger partial charge is 0.228 e. The average Bonchev–Trinajstić information content (AvgIpc) is 3.19. The van der Waals surface area contributed by atoms with Crippen molar-refractivity contribution in [2.75, 3.05) is 10.6 Å². The second-order valence-electron chi connectivity index (χ2n) is 6.69. The Bertz CT molecular complexity index is 635. The molecule has 0 aliphatic heterocycles. The molecule has 0 spiro atoms. The lowest BCUT2D eigenvalue weighted by Gasteiger charge is -2.11. The Morgan fingerprint density at radius 2 is 1.42 bits per heavy atom. The molecular weight excluding hydrogens is 306 g/mol. The third kappa shape index (κ3) is 4.13. The van der Waals surface area contributed by atoms with E-state index in [-0.39, 0.29) is 29.6 Å². The van der Waals surface area contributed by atoms with E-state index in [4.69, 9.17) is 0 Å². The molecule has 24 heavy (non-hydrogen) atoms. The Kier molecular flexibility index (Phi) is 4.83. The lowest BCUT2D eigenvalue weighted by Crippen LogP contribution is -2.34. The van der Waals surface area contributed by atoms with Crippen LogP contribution in [0.15, 0.2) is 24.3 Å². The van der Waals surface area contributed by atoms with Gasteiger partial charge in [0.25, 0.3) is 0 Å². The Morgan fingerprint density at radius 1 is 0.875 bits per heavy atom. The summed E-state index contributed by atoms with van der Waals surface area (Å²) in [5.41, 5.74) is 1.34. The average molecular weight is 329 g/mol. The predicted octanol–water partition coefficient (Wildman–Crippen LogP) is 2.28. The number of carbonyl (C=O) groups is 3. The molecule has 0 heterocycles. The minimum atomic E-state index is -0.235. The van der Waals surface area contributed by atoms with Crippen molar-refractivity contribution >= 4 is 29.1 Å². The maximum atomic E-state index is 12.2. The fourth-order valence-corrected chi connectivity index (χ4v) is 3.23. The van der Waals surface area contributed by atoms with Crippen molar-refractivity contribution in [2.45, 2.75) is 45.1 Å². The first kappa shape index (κ1) is 16.5. The van der Waals surface area contributed by atoms with Gasteiger partial charge in [-0.05, 0) is 43.5 Å². The molecule has 0 aromatic heterocycles. The van der Waals surface area contributed by atoms with Crippen LogP contribution in [0.4, 0.5) is 11.4 Å². The summed E-state index contributed by atoms with van der Waals surface area (Å²) in [7, 11) is 0. The molecular formula is C18H23N3O3. The van der Waals surface area contributed by atoms with Crippen molar-refractivity contribution in [3.63, 3.8) is 0 Å². The number of nitrogens with one attached hydrogen (secondary N) is 3. The fourth-order valence-electron chi connectivity index (χ4n) is 3.23. The van der Waals surface area contributed by atoms with Gasteiger partial charge in [0.05, 0.1) is 11.8 Å². The zero-order valence-electron chi connectivity index (χ0n) is 13.8. The molecule has 2 unspecified atom stereocenters. The van der Waals surface area contributed by atoms with Crippen LogP contribution in [-0.2, 0) is 14.4 Å². The second-order valence-corrected chi connectivity index (χ2v) is 6.69. The molecule has 2 aliphatic rings. The van der Waals surface area contributed by atoms with Crippen molar-refractivity contribution in [2.24, 2.45) is 11.8 Å². The highest BCUT2D eigenvalue weighted by Crippen LogP contribution is 2.40. The van der Waals surface area contributed by atoms with Crippen LogP contribution in [0.2, 0.25) is 0 Å².